The zero-order valence-corrected chi connectivity index (χ0v) is 16.3. The van der Waals surface area contributed by atoms with Crippen LogP contribution in [0.25, 0.3) is 0 Å². The lowest BCUT2D eigenvalue weighted by molar-refractivity contribution is -0.158. The van der Waals surface area contributed by atoms with E-state index >= 15 is 4.39 Å². The van der Waals surface area contributed by atoms with Gasteiger partial charge >= 0.3 is 0 Å². The highest BCUT2D eigenvalue weighted by Gasteiger charge is 2.66. The molecule has 2 fully saturated rings. The number of aliphatic hydroxyl groups is 1. The molecule has 7 atom stereocenters. The fourth-order valence-corrected chi connectivity index (χ4v) is 6.91. The number of allylic oxidation sites excluding steroid dienone is 4. The summed E-state index contributed by atoms with van der Waals surface area (Å²) in [5.41, 5.74) is -2.34. The Balaban J connectivity index is 1.84. The third-order valence-corrected chi connectivity index (χ3v) is 8.82. The van der Waals surface area contributed by atoms with Crippen molar-refractivity contribution in [3.63, 3.8) is 0 Å². The molecule has 2 saturated carbocycles. The minimum Gasteiger partial charge on any atom is -0.382 e. The van der Waals surface area contributed by atoms with E-state index in [2.05, 4.69) is 0 Å². The average molecular weight is 374 g/mol. The molecule has 0 aromatic carbocycles. The number of carbonyl (C=O) groups is 3. The van der Waals surface area contributed by atoms with Crippen molar-refractivity contribution in [3.05, 3.63) is 23.6 Å². The molecule has 5 heteroatoms. The zero-order valence-electron chi connectivity index (χ0n) is 16.3. The smallest absolute Gasteiger partial charge is 0.222 e. The molecule has 0 saturated heterocycles. The molecule has 0 radical (unpaired) electrons. The van der Waals surface area contributed by atoms with E-state index in [0.717, 1.165) is 0 Å². The Kier molecular flexibility index (Phi) is 3.79. The molecule has 4 aliphatic rings. The molecule has 0 bridgehead atoms. The molecule has 4 nitrogen and oxygen atoms in total. The second-order valence-electron chi connectivity index (χ2n) is 9.51. The van der Waals surface area contributed by atoms with Gasteiger partial charge in [-0.15, -0.1) is 0 Å². The molecule has 4 aliphatic carbocycles. The maximum absolute atomic E-state index is 15.1. The summed E-state index contributed by atoms with van der Waals surface area (Å²) < 4.78 is 15.1. The van der Waals surface area contributed by atoms with Crippen LogP contribution < -0.4 is 0 Å². The Hall–Kier alpha value is -1.62. The second-order valence-corrected chi connectivity index (χ2v) is 9.51. The average Bonchev–Trinajstić information content (AvgIpc) is 2.89. The molecular formula is C22H27FO4. The number of rotatable bonds is 1. The van der Waals surface area contributed by atoms with E-state index in [1.54, 1.807) is 13.0 Å². The number of halogens is 1. The van der Waals surface area contributed by atoms with E-state index in [1.165, 1.54) is 13.0 Å². The van der Waals surface area contributed by atoms with Crippen LogP contribution in [0, 0.1) is 34.5 Å². The summed E-state index contributed by atoms with van der Waals surface area (Å²) in [6.07, 6.45) is 5.20. The monoisotopic (exact) mass is 374 g/mol. The highest BCUT2D eigenvalue weighted by molar-refractivity contribution is 6.43. The molecule has 0 aromatic rings. The van der Waals surface area contributed by atoms with Gasteiger partial charge in [-0.2, -0.15) is 0 Å². The van der Waals surface area contributed by atoms with Gasteiger partial charge in [-0.25, -0.2) is 4.39 Å². The first kappa shape index (κ1) is 18.7. The first-order valence-corrected chi connectivity index (χ1v) is 9.90. The van der Waals surface area contributed by atoms with Crippen molar-refractivity contribution in [1.29, 1.82) is 0 Å². The van der Waals surface area contributed by atoms with Gasteiger partial charge in [0.1, 0.15) is 11.4 Å². The molecule has 0 aromatic heterocycles. The van der Waals surface area contributed by atoms with Crippen LogP contribution in [0.3, 0.4) is 0 Å². The molecule has 0 spiro atoms. The summed E-state index contributed by atoms with van der Waals surface area (Å²) >= 11 is 0. The van der Waals surface area contributed by atoms with Gasteiger partial charge in [0, 0.05) is 16.7 Å². The lowest BCUT2D eigenvalue weighted by atomic mass is 9.46. The number of carbonyl (C=O) groups excluding carboxylic acids is 3. The fourth-order valence-electron chi connectivity index (χ4n) is 6.91. The number of hydrogen-bond donors (Lipinski definition) is 1. The van der Waals surface area contributed by atoms with Crippen LogP contribution in [0.1, 0.15) is 53.4 Å². The van der Waals surface area contributed by atoms with Crippen LogP contribution in [-0.2, 0) is 14.4 Å². The van der Waals surface area contributed by atoms with Crippen LogP contribution >= 0.6 is 0 Å². The molecule has 1 N–H and O–H groups in total. The third-order valence-electron chi connectivity index (χ3n) is 8.82. The quantitative estimate of drug-likeness (QED) is 0.715. The van der Waals surface area contributed by atoms with Crippen LogP contribution in [0.5, 0.6) is 0 Å². The van der Waals surface area contributed by atoms with E-state index in [4.69, 9.17) is 0 Å². The number of Topliss-reactive ketones (excluding diaryl/α,β-unsaturated/α-hetero) is 2. The van der Waals surface area contributed by atoms with E-state index in [-0.39, 0.29) is 23.5 Å². The van der Waals surface area contributed by atoms with Gasteiger partial charge in [0.15, 0.2) is 5.78 Å². The van der Waals surface area contributed by atoms with E-state index in [9.17, 15) is 19.5 Å². The van der Waals surface area contributed by atoms with Gasteiger partial charge in [0.05, 0.1) is 0 Å². The summed E-state index contributed by atoms with van der Waals surface area (Å²) in [7, 11) is 0. The Bertz CT molecular complexity index is 826. The van der Waals surface area contributed by atoms with Gasteiger partial charge in [-0.05, 0) is 68.1 Å². The first-order valence-electron chi connectivity index (χ1n) is 9.90. The summed E-state index contributed by atoms with van der Waals surface area (Å²) in [5.74, 6) is -2.44. The van der Waals surface area contributed by atoms with Crippen molar-refractivity contribution >= 4 is 17.3 Å². The molecule has 4 rings (SSSR count). The number of ketones is 3. The lowest BCUT2D eigenvalue weighted by Gasteiger charge is -2.58. The predicted molar refractivity (Wildman–Crippen MR) is 97.2 cm³/mol. The van der Waals surface area contributed by atoms with E-state index in [1.807, 2.05) is 13.8 Å². The Morgan fingerprint density at radius 3 is 2.44 bits per heavy atom. The number of hydrogen-bond acceptors (Lipinski definition) is 4. The van der Waals surface area contributed by atoms with Crippen molar-refractivity contribution in [2.24, 2.45) is 34.5 Å². The normalized spacial score (nSPS) is 49.0. The molecule has 0 amide bonds. The van der Waals surface area contributed by atoms with Crippen molar-refractivity contribution in [1.82, 2.24) is 0 Å². The van der Waals surface area contributed by atoms with Gasteiger partial charge in [0.2, 0.25) is 11.6 Å². The second kappa shape index (κ2) is 5.47. The van der Waals surface area contributed by atoms with Crippen LogP contribution in [0.15, 0.2) is 23.6 Å². The van der Waals surface area contributed by atoms with Crippen molar-refractivity contribution in [2.45, 2.75) is 59.0 Å². The van der Waals surface area contributed by atoms with Gasteiger partial charge < -0.3 is 5.11 Å². The van der Waals surface area contributed by atoms with E-state index < -0.39 is 39.7 Å². The summed E-state index contributed by atoms with van der Waals surface area (Å²) in [5, 5.41) is 11.1. The molecule has 0 heterocycles. The molecule has 27 heavy (non-hydrogen) atoms. The SMILES string of the molecule is CC(=O)[C@@]1(O)CC[C@H]2[C@@H]3C=C(F)C4=CC(=O)C(=O)C(C)[C@]4(C)[C@H]3CC[C@@]21C. The van der Waals surface area contributed by atoms with Gasteiger partial charge in [-0.1, -0.05) is 20.8 Å². The summed E-state index contributed by atoms with van der Waals surface area (Å²) in [6, 6.07) is 0. The molecule has 1 unspecified atom stereocenters. The van der Waals surface area contributed by atoms with Crippen LogP contribution in [0.4, 0.5) is 4.39 Å². The largest absolute Gasteiger partial charge is 0.382 e. The lowest BCUT2D eigenvalue weighted by Crippen LogP contribution is -2.58. The predicted octanol–water partition coefficient (Wildman–Crippen LogP) is 3.34. The first-order chi connectivity index (χ1) is 12.5. The highest BCUT2D eigenvalue weighted by atomic mass is 19.1. The van der Waals surface area contributed by atoms with Crippen molar-refractivity contribution < 1.29 is 23.9 Å². The molecule has 0 aliphatic heterocycles. The van der Waals surface area contributed by atoms with Gasteiger partial charge in [-0.3, -0.25) is 14.4 Å². The van der Waals surface area contributed by atoms with Gasteiger partial charge in [0.25, 0.3) is 0 Å². The minimum atomic E-state index is -1.37. The number of fused-ring (bicyclic) bond motifs is 5. The van der Waals surface area contributed by atoms with Crippen molar-refractivity contribution in [2.75, 3.05) is 0 Å². The Morgan fingerprint density at radius 2 is 1.81 bits per heavy atom. The van der Waals surface area contributed by atoms with Crippen molar-refractivity contribution in [3.8, 4) is 0 Å². The Morgan fingerprint density at radius 1 is 1.19 bits per heavy atom. The van der Waals surface area contributed by atoms with Crippen LogP contribution in [-0.4, -0.2) is 28.1 Å². The zero-order chi connectivity index (χ0) is 19.9. The maximum atomic E-state index is 15.1. The topological polar surface area (TPSA) is 71.4 Å². The Labute approximate surface area is 158 Å². The minimum absolute atomic E-state index is 0.0164. The standard InChI is InChI=1S/C22H27FO4/c1-11-19(26)18(25)10-16-17(23)9-13-14-6-8-22(27,12(2)24)20(14,3)7-5-15(13)21(11,16)4/h9-11,13-15,27H,5-8H2,1-4H3/t11?,13-,14-,15-,20-,21+,22-/m0/s1. The molecular weight excluding hydrogens is 347 g/mol. The molecule has 146 valence electrons. The maximum Gasteiger partial charge on any atom is 0.222 e. The highest BCUT2D eigenvalue weighted by Crippen LogP contribution is 2.67. The fraction of sp³-hybridized carbons (Fsp3) is 0.682. The van der Waals surface area contributed by atoms with E-state index in [0.29, 0.717) is 31.3 Å². The van der Waals surface area contributed by atoms with Crippen LogP contribution in [0.2, 0.25) is 0 Å². The summed E-state index contributed by atoms with van der Waals surface area (Å²) in [4.78, 5) is 36.7. The third kappa shape index (κ3) is 2.04. The summed E-state index contributed by atoms with van der Waals surface area (Å²) in [6.45, 7) is 7.04.